The molecule has 0 radical (unpaired) electrons. The SMILES string of the molecule is CCC(O)(C(=O)[O-])C(O)C(O)C(O)CO.CCC(O)(C(=O)[O-])C(O)C(O)C(O)CO.CCC(O)(C(=O)[O-])C(O)C(O)C(O)CO.[Al+3]. The summed E-state index contributed by atoms with van der Waals surface area (Å²) < 4.78 is 0. The maximum Gasteiger partial charge on any atom is 3.00 e. The Kier molecular flexibility index (Phi) is 25.4. The van der Waals surface area contributed by atoms with E-state index in [0.717, 1.165) is 0 Å². The molecule has 0 aliphatic carbocycles. The van der Waals surface area contributed by atoms with Gasteiger partial charge in [0.2, 0.25) is 0 Å². The fourth-order valence-corrected chi connectivity index (χ4v) is 3.23. The quantitative estimate of drug-likeness (QED) is 0.0591. The molecule has 12 atom stereocenters. The van der Waals surface area contributed by atoms with Crippen LogP contribution >= 0.6 is 0 Å². The second-order valence-electron chi connectivity index (χ2n) is 9.75. The van der Waals surface area contributed by atoms with Gasteiger partial charge in [0, 0.05) is 0 Å². The molecule has 0 saturated heterocycles. The Labute approximate surface area is 273 Å². The third kappa shape index (κ3) is 13.5. The van der Waals surface area contributed by atoms with Crippen molar-refractivity contribution in [3.63, 3.8) is 0 Å². The first kappa shape index (κ1) is 51.2. The number of aliphatic hydroxyl groups is 15. The third-order valence-electron chi connectivity index (χ3n) is 6.86. The van der Waals surface area contributed by atoms with Gasteiger partial charge in [-0.2, -0.15) is 0 Å². The van der Waals surface area contributed by atoms with Crippen LogP contribution in [0.15, 0.2) is 0 Å². The van der Waals surface area contributed by atoms with Crippen molar-refractivity contribution in [1.82, 2.24) is 0 Å². The molecule has 0 amide bonds. The van der Waals surface area contributed by atoms with Gasteiger partial charge in [-0.25, -0.2) is 0 Å². The molecule has 0 fully saturated rings. The zero-order valence-corrected chi connectivity index (χ0v) is 26.3. The van der Waals surface area contributed by atoms with Crippen molar-refractivity contribution in [3.8, 4) is 0 Å². The van der Waals surface area contributed by atoms with Crippen LogP contribution in [0.25, 0.3) is 0 Å². The standard InChI is InChI=1S/3C8H16O7.Al/c3*1-2-8(15,7(13)14)6(12)5(11)4(10)3-9;/h3*4-6,9-12,15H,2-3H2,1H3,(H,13,14);/q;;;+3/p-3. The maximum atomic E-state index is 10.5. The Morgan fingerprint density at radius 2 is 0.630 bits per heavy atom. The predicted octanol–water partition coefficient (Wildman–Crippen LogP) is -12.5. The summed E-state index contributed by atoms with van der Waals surface area (Å²) in [5.74, 6) is -5.87. The number of aliphatic hydroxyl groups excluding tert-OH is 12. The van der Waals surface area contributed by atoms with Gasteiger partial charge in [0.25, 0.3) is 0 Å². The van der Waals surface area contributed by atoms with Crippen LogP contribution < -0.4 is 15.3 Å². The van der Waals surface area contributed by atoms with Gasteiger partial charge in [-0.3, -0.25) is 0 Å². The van der Waals surface area contributed by atoms with Crippen LogP contribution in [0.1, 0.15) is 40.0 Å². The fourth-order valence-electron chi connectivity index (χ4n) is 3.23. The average Bonchev–Trinajstić information content (AvgIpc) is 3.03. The summed E-state index contributed by atoms with van der Waals surface area (Å²) in [6.07, 6.45) is -18.8. The van der Waals surface area contributed by atoms with Crippen LogP contribution in [0.3, 0.4) is 0 Å². The van der Waals surface area contributed by atoms with Gasteiger partial charge in [0.05, 0.1) is 37.7 Å². The molecule has 0 rings (SSSR count). The molecule has 0 saturated carbocycles. The molecular formula is C24H45AlO21. The summed E-state index contributed by atoms with van der Waals surface area (Å²) in [5.41, 5.74) is -7.97. The van der Waals surface area contributed by atoms with Crippen LogP contribution in [-0.2, 0) is 14.4 Å². The molecule has 0 aromatic carbocycles. The van der Waals surface area contributed by atoms with E-state index < -0.39 is 129 Å². The number of aliphatic carboxylic acids is 3. The fraction of sp³-hybridized carbons (Fsp3) is 0.875. The number of hydrogen-bond acceptors (Lipinski definition) is 21. The zero-order valence-electron chi connectivity index (χ0n) is 25.2. The molecule has 46 heavy (non-hydrogen) atoms. The molecule has 0 aliphatic rings. The van der Waals surface area contributed by atoms with E-state index in [1.165, 1.54) is 20.8 Å². The summed E-state index contributed by atoms with van der Waals surface area (Å²) in [6, 6.07) is 0. The minimum absolute atomic E-state index is 0. The van der Waals surface area contributed by atoms with E-state index in [0.29, 0.717) is 0 Å². The first-order valence-electron chi connectivity index (χ1n) is 13.2. The Morgan fingerprint density at radius 3 is 0.717 bits per heavy atom. The minimum atomic E-state index is -2.66. The van der Waals surface area contributed by atoms with E-state index in [4.69, 9.17) is 30.6 Å². The topological polar surface area (TPSA) is 424 Å². The van der Waals surface area contributed by atoms with Crippen molar-refractivity contribution in [2.75, 3.05) is 19.8 Å². The van der Waals surface area contributed by atoms with Crippen molar-refractivity contribution >= 4 is 35.3 Å². The average molecular weight is 697 g/mol. The van der Waals surface area contributed by atoms with Crippen molar-refractivity contribution in [3.05, 3.63) is 0 Å². The second-order valence-corrected chi connectivity index (χ2v) is 9.75. The smallest absolute Gasteiger partial charge is 0.547 e. The monoisotopic (exact) mass is 696 g/mol. The Morgan fingerprint density at radius 1 is 0.478 bits per heavy atom. The third-order valence-corrected chi connectivity index (χ3v) is 6.86. The summed E-state index contributed by atoms with van der Waals surface area (Å²) >= 11 is 0. The number of rotatable bonds is 18. The minimum Gasteiger partial charge on any atom is -0.547 e. The van der Waals surface area contributed by atoms with Gasteiger partial charge in [-0.05, 0) is 19.3 Å². The summed E-state index contributed by atoms with van der Waals surface area (Å²) in [4.78, 5) is 31.6. The Hall–Kier alpha value is -1.66. The first-order chi connectivity index (χ1) is 20.4. The molecule has 0 spiro atoms. The number of hydrogen-bond donors (Lipinski definition) is 15. The van der Waals surface area contributed by atoms with Crippen molar-refractivity contribution in [2.24, 2.45) is 0 Å². The normalized spacial score (nSPS) is 21.0. The second kappa shape index (κ2) is 22.8. The number of carboxylic acids is 3. The van der Waals surface area contributed by atoms with Crippen LogP contribution in [0, 0.1) is 0 Å². The van der Waals surface area contributed by atoms with Crippen molar-refractivity contribution in [1.29, 1.82) is 0 Å². The zero-order chi connectivity index (χ0) is 36.7. The van der Waals surface area contributed by atoms with Gasteiger partial charge < -0.3 is 106 Å². The van der Waals surface area contributed by atoms with Crippen LogP contribution in [-0.4, -0.2) is 203 Å². The Balaban J connectivity index is -0.000000285. The molecule has 270 valence electrons. The summed E-state index contributed by atoms with van der Waals surface area (Å²) in [6.45, 7) is 1.17. The summed E-state index contributed by atoms with van der Waals surface area (Å²) in [5, 5.41) is 168. The number of carbonyl (C=O) groups excluding carboxylic acids is 3. The molecule has 21 nitrogen and oxygen atoms in total. The molecule has 0 aromatic rings. The van der Waals surface area contributed by atoms with Crippen molar-refractivity contribution < 1.29 is 106 Å². The van der Waals surface area contributed by atoms with Crippen LogP contribution in [0.2, 0.25) is 0 Å². The van der Waals surface area contributed by atoms with E-state index in [1.807, 2.05) is 0 Å². The van der Waals surface area contributed by atoms with Gasteiger partial charge in [-0.15, -0.1) is 0 Å². The van der Waals surface area contributed by atoms with Gasteiger partial charge in [0.1, 0.15) is 71.7 Å². The molecule has 15 N–H and O–H groups in total. The van der Waals surface area contributed by atoms with E-state index in [1.54, 1.807) is 0 Å². The van der Waals surface area contributed by atoms with E-state index in [9.17, 15) is 75.7 Å². The van der Waals surface area contributed by atoms with Gasteiger partial charge in [-0.1, -0.05) is 20.8 Å². The molecular weight excluding hydrogens is 651 g/mol. The molecule has 0 bridgehead atoms. The first-order valence-corrected chi connectivity index (χ1v) is 13.2. The summed E-state index contributed by atoms with van der Waals surface area (Å²) in [7, 11) is 0. The van der Waals surface area contributed by atoms with E-state index in [2.05, 4.69) is 0 Å². The maximum absolute atomic E-state index is 10.5. The Bertz CT molecular complexity index is 773. The number of carbonyl (C=O) groups is 3. The predicted molar refractivity (Wildman–Crippen MR) is 142 cm³/mol. The van der Waals surface area contributed by atoms with Crippen LogP contribution in [0.4, 0.5) is 0 Å². The largest absolute Gasteiger partial charge is 3.00 e. The van der Waals surface area contributed by atoms with Crippen molar-refractivity contribution in [2.45, 2.75) is 112 Å². The molecule has 22 heteroatoms. The molecule has 0 aliphatic heterocycles. The molecule has 12 unspecified atom stereocenters. The van der Waals surface area contributed by atoms with E-state index in [-0.39, 0.29) is 17.4 Å². The molecule has 0 aromatic heterocycles. The number of carboxylic acid groups (broad SMARTS) is 3. The van der Waals surface area contributed by atoms with Gasteiger partial charge >= 0.3 is 17.4 Å². The molecule has 0 heterocycles. The van der Waals surface area contributed by atoms with E-state index >= 15 is 0 Å². The van der Waals surface area contributed by atoms with Gasteiger partial charge in [0.15, 0.2) is 0 Å². The van der Waals surface area contributed by atoms with Crippen LogP contribution in [0.5, 0.6) is 0 Å².